The third-order valence-electron chi connectivity index (χ3n) is 7.06. The molecule has 43 heavy (non-hydrogen) atoms. The lowest BCUT2D eigenvalue weighted by molar-refractivity contribution is -0.212. The lowest BCUT2D eigenvalue weighted by atomic mass is 9.88. The summed E-state index contributed by atoms with van der Waals surface area (Å²) in [6.45, 7) is 8.72. The average Bonchev–Trinajstić information content (AvgIpc) is 3.61. The van der Waals surface area contributed by atoms with Crippen LogP contribution in [0.2, 0.25) is 0 Å². The Kier molecular flexibility index (Phi) is 9.49. The first kappa shape index (κ1) is 32.4. The molecule has 236 valence electrons. The van der Waals surface area contributed by atoms with E-state index in [2.05, 4.69) is 20.8 Å². The lowest BCUT2D eigenvalue weighted by Crippen LogP contribution is -2.57. The molecule has 12 nitrogen and oxygen atoms in total. The van der Waals surface area contributed by atoms with Gasteiger partial charge in [-0.3, -0.25) is 0 Å². The fourth-order valence-electron chi connectivity index (χ4n) is 4.81. The first-order chi connectivity index (χ1) is 20.1. The third kappa shape index (κ3) is 7.34. The highest BCUT2D eigenvalue weighted by Crippen LogP contribution is 2.35. The van der Waals surface area contributed by atoms with E-state index in [9.17, 15) is 28.2 Å². The summed E-state index contributed by atoms with van der Waals surface area (Å²) in [6.07, 6.45) is -3.10. The van der Waals surface area contributed by atoms with E-state index in [-0.39, 0.29) is 24.2 Å². The predicted octanol–water partition coefficient (Wildman–Crippen LogP) is 3.07. The molecule has 0 aliphatic carbocycles. The fourth-order valence-corrected chi connectivity index (χ4v) is 4.81. The van der Waals surface area contributed by atoms with Crippen LogP contribution in [0.4, 0.5) is 18.0 Å². The van der Waals surface area contributed by atoms with Crippen molar-refractivity contribution in [1.29, 1.82) is 0 Å². The van der Waals surface area contributed by atoms with Crippen LogP contribution < -0.4 is 5.32 Å². The van der Waals surface area contributed by atoms with Gasteiger partial charge in [0.25, 0.3) is 0 Å². The molecule has 0 spiro atoms. The van der Waals surface area contributed by atoms with Crippen molar-refractivity contribution >= 4 is 6.09 Å². The molecule has 1 aliphatic heterocycles. The van der Waals surface area contributed by atoms with Gasteiger partial charge in [0.2, 0.25) is 0 Å². The standard InChI is InChI=1S/C28H36F3N5O7/c1-27(2,3)42-26(39)32-13-28(4,5)21-10-15(43-34-21)9-19-25(40-6)23(24(38)20(12-37)41-19)36-11-18(33-35-36)14-7-16(29)22(31)17(30)8-14/h7-8,10-11,19-20,23-25,37-38H,9,12-13H2,1-6H3,(H,32,39)/t19-,20-,23+,24+,25+/m1/s1. The number of aliphatic hydroxyl groups is 2. The lowest BCUT2D eigenvalue weighted by Gasteiger charge is -2.43. The van der Waals surface area contributed by atoms with Crippen molar-refractivity contribution in [2.75, 3.05) is 20.3 Å². The molecule has 0 radical (unpaired) electrons. The molecule has 3 heterocycles. The normalized spacial score (nSPS) is 22.9. The van der Waals surface area contributed by atoms with Gasteiger partial charge >= 0.3 is 6.09 Å². The fraction of sp³-hybridized carbons (Fsp3) is 0.571. The summed E-state index contributed by atoms with van der Waals surface area (Å²) in [7, 11) is 1.40. The van der Waals surface area contributed by atoms with Crippen molar-refractivity contribution in [2.45, 2.75) is 82.5 Å². The van der Waals surface area contributed by atoms with E-state index in [0.717, 1.165) is 12.1 Å². The molecule has 1 aromatic carbocycles. The number of nitrogens with zero attached hydrogens (tertiary/aromatic N) is 4. The van der Waals surface area contributed by atoms with E-state index in [1.54, 1.807) is 26.8 Å². The van der Waals surface area contributed by atoms with Crippen molar-refractivity contribution in [1.82, 2.24) is 25.5 Å². The Morgan fingerprint density at radius 2 is 1.79 bits per heavy atom. The van der Waals surface area contributed by atoms with E-state index in [4.69, 9.17) is 18.7 Å². The van der Waals surface area contributed by atoms with Crippen LogP contribution in [0.1, 0.15) is 52.1 Å². The quantitative estimate of drug-likeness (QED) is 0.308. The molecule has 1 saturated heterocycles. The minimum Gasteiger partial charge on any atom is -0.444 e. The van der Waals surface area contributed by atoms with Gasteiger partial charge in [0.15, 0.2) is 17.5 Å². The number of carbonyl (C=O) groups excluding carboxylic acids is 1. The maximum Gasteiger partial charge on any atom is 0.407 e. The average molecular weight is 612 g/mol. The minimum atomic E-state index is -1.61. The molecule has 0 bridgehead atoms. The molecule has 15 heteroatoms. The molecule has 1 amide bonds. The summed E-state index contributed by atoms with van der Waals surface area (Å²) >= 11 is 0. The number of alkyl carbamates (subject to hydrolysis) is 1. The molecular formula is C28H36F3N5O7. The SMILES string of the molecule is CO[C@@H]1[C@@H](n2cc(-c3cc(F)c(F)c(F)c3)nn2)[C@@H](O)[C@@H](CO)O[C@@H]1Cc1cc(C(C)(C)CNC(=O)OC(C)(C)C)no1. The van der Waals surface area contributed by atoms with Gasteiger partial charge in [0.05, 0.1) is 24.6 Å². The zero-order chi connectivity index (χ0) is 31.7. The molecule has 1 aliphatic rings. The van der Waals surface area contributed by atoms with Crippen LogP contribution in [-0.2, 0) is 26.0 Å². The Labute approximate surface area is 246 Å². The second-order valence-electron chi connectivity index (χ2n) is 12.0. The van der Waals surface area contributed by atoms with Gasteiger partial charge in [-0.2, -0.15) is 0 Å². The first-order valence-corrected chi connectivity index (χ1v) is 13.6. The summed E-state index contributed by atoms with van der Waals surface area (Å²) in [5.74, 6) is -3.97. The first-order valence-electron chi connectivity index (χ1n) is 13.6. The van der Waals surface area contributed by atoms with Gasteiger partial charge in [-0.15, -0.1) is 5.10 Å². The van der Waals surface area contributed by atoms with E-state index in [1.807, 2.05) is 13.8 Å². The summed E-state index contributed by atoms with van der Waals surface area (Å²) < 4.78 is 64.9. The minimum absolute atomic E-state index is 0.0190. The van der Waals surface area contributed by atoms with Crippen molar-refractivity contribution in [3.63, 3.8) is 0 Å². The summed E-state index contributed by atoms with van der Waals surface area (Å²) in [5.41, 5.74) is -0.763. The van der Waals surface area contributed by atoms with Gasteiger partial charge in [-0.1, -0.05) is 24.2 Å². The monoisotopic (exact) mass is 611 g/mol. The number of benzene rings is 1. The van der Waals surface area contributed by atoms with E-state index in [0.29, 0.717) is 11.5 Å². The topological polar surface area (TPSA) is 154 Å². The van der Waals surface area contributed by atoms with Crippen molar-refractivity contribution in [3.8, 4) is 11.3 Å². The number of halogens is 3. The zero-order valence-corrected chi connectivity index (χ0v) is 24.7. The van der Waals surface area contributed by atoms with Gasteiger partial charge < -0.3 is 34.3 Å². The number of ether oxygens (including phenoxy) is 3. The van der Waals surface area contributed by atoms with Gasteiger partial charge in [-0.05, 0) is 32.9 Å². The molecule has 0 saturated carbocycles. The number of nitrogens with one attached hydrogen (secondary N) is 1. The van der Waals surface area contributed by atoms with Gasteiger partial charge in [0.1, 0.15) is 41.4 Å². The maximum atomic E-state index is 13.8. The molecule has 1 fully saturated rings. The van der Waals surface area contributed by atoms with Crippen molar-refractivity contribution < 1.29 is 46.9 Å². The van der Waals surface area contributed by atoms with Gasteiger partial charge in [-0.25, -0.2) is 22.6 Å². The van der Waals surface area contributed by atoms with Crippen LogP contribution in [0, 0.1) is 17.5 Å². The molecular weight excluding hydrogens is 575 g/mol. The molecule has 2 aromatic heterocycles. The molecule has 4 rings (SSSR count). The maximum absolute atomic E-state index is 13.8. The number of methoxy groups -OCH3 is 1. The molecule has 3 N–H and O–H groups in total. The van der Waals surface area contributed by atoms with E-state index in [1.165, 1.54) is 18.0 Å². The molecule has 3 aromatic rings. The second kappa shape index (κ2) is 12.6. The smallest absolute Gasteiger partial charge is 0.407 e. The number of amides is 1. The van der Waals surface area contributed by atoms with Crippen molar-refractivity contribution in [2.24, 2.45) is 0 Å². The van der Waals surface area contributed by atoms with Crippen LogP contribution in [0.15, 0.2) is 28.9 Å². The predicted molar refractivity (Wildman–Crippen MR) is 144 cm³/mol. The Morgan fingerprint density at radius 3 is 2.40 bits per heavy atom. The van der Waals surface area contributed by atoms with Crippen LogP contribution in [-0.4, -0.2) is 86.7 Å². The highest BCUT2D eigenvalue weighted by atomic mass is 19.2. The Morgan fingerprint density at radius 1 is 1.12 bits per heavy atom. The number of hydrogen-bond acceptors (Lipinski definition) is 10. The summed E-state index contributed by atoms with van der Waals surface area (Å²) in [4.78, 5) is 12.1. The van der Waals surface area contributed by atoms with E-state index >= 15 is 0 Å². The Bertz CT molecular complexity index is 1400. The second-order valence-corrected chi connectivity index (χ2v) is 12.0. The molecule has 0 unspecified atom stereocenters. The highest BCUT2D eigenvalue weighted by Gasteiger charge is 2.47. The summed E-state index contributed by atoms with van der Waals surface area (Å²) in [6, 6.07) is 2.33. The number of rotatable bonds is 9. The van der Waals surface area contributed by atoms with Crippen LogP contribution >= 0.6 is 0 Å². The van der Waals surface area contributed by atoms with Crippen LogP contribution in [0.3, 0.4) is 0 Å². The number of hydrogen-bond donors (Lipinski definition) is 3. The highest BCUT2D eigenvalue weighted by molar-refractivity contribution is 5.67. The Hall–Kier alpha value is -3.53. The zero-order valence-electron chi connectivity index (χ0n) is 24.7. The van der Waals surface area contributed by atoms with Crippen molar-refractivity contribution in [3.05, 3.63) is 53.3 Å². The van der Waals surface area contributed by atoms with Gasteiger partial charge in [0, 0.05) is 37.1 Å². The largest absolute Gasteiger partial charge is 0.444 e. The van der Waals surface area contributed by atoms with Crippen LogP contribution in [0.25, 0.3) is 11.3 Å². The summed E-state index contributed by atoms with van der Waals surface area (Å²) in [5, 5.41) is 35.9. The van der Waals surface area contributed by atoms with Crippen LogP contribution in [0.5, 0.6) is 0 Å². The van der Waals surface area contributed by atoms with E-state index < -0.39 is 71.6 Å². The Balaban J connectivity index is 1.53. The molecule has 5 atom stereocenters. The number of aliphatic hydroxyl groups excluding tert-OH is 2. The third-order valence-corrected chi connectivity index (χ3v) is 7.06. The number of aromatic nitrogens is 4. The number of carbonyl (C=O) groups is 1.